The topological polar surface area (TPSA) is 102 Å². The van der Waals surface area contributed by atoms with Gasteiger partial charge in [0.15, 0.2) is 0 Å². The maximum absolute atomic E-state index is 11.5. The maximum atomic E-state index is 11.5. The van der Waals surface area contributed by atoms with E-state index in [1.165, 1.54) is 6.07 Å². The second-order valence-electron chi connectivity index (χ2n) is 5.00. The van der Waals surface area contributed by atoms with Gasteiger partial charge in [-0.25, -0.2) is 9.59 Å². The molecule has 2 rings (SSSR count). The van der Waals surface area contributed by atoms with Crippen molar-refractivity contribution in [1.82, 2.24) is 5.32 Å². The molecule has 0 atom stereocenters. The summed E-state index contributed by atoms with van der Waals surface area (Å²) < 4.78 is 5.07. The monoisotopic (exact) mass is 326 g/mol. The molecule has 124 valence electrons. The number of aromatic carboxylic acids is 1. The summed E-state index contributed by atoms with van der Waals surface area (Å²) in [7, 11) is 0. The quantitative estimate of drug-likeness (QED) is 0.708. The van der Waals surface area contributed by atoms with Gasteiger partial charge in [-0.15, -0.1) is 0 Å². The Balaban J connectivity index is 1.77. The highest BCUT2D eigenvalue weighted by atomic mass is 16.5. The predicted molar refractivity (Wildman–Crippen MR) is 91.5 cm³/mol. The number of nitrogens with two attached hydrogens (primary N) is 1. The van der Waals surface area contributed by atoms with Crippen LogP contribution in [0.15, 0.2) is 54.6 Å². The zero-order valence-electron chi connectivity index (χ0n) is 12.9. The van der Waals surface area contributed by atoms with Crippen molar-refractivity contribution in [1.29, 1.82) is 0 Å². The lowest BCUT2D eigenvalue weighted by Gasteiger charge is -2.05. The smallest absolute Gasteiger partial charge is 0.407 e. The molecule has 0 saturated heterocycles. The Kier molecular flexibility index (Phi) is 5.96. The first-order valence-electron chi connectivity index (χ1n) is 7.30. The van der Waals surface area contributed by atoms with E-state index in [0.29, 0.717) is 0 Å². The van der Waals surface area contributed by atoms with Crippen molar-refractivity contribution in [2.24, 2.45) is 0 Å². The number of nitrogen functional groups attached to an aromatic ring is 1. The summed E-state index contributed by atoms with van der Waals surface area (Å²) >= 11 is 0. The van der Waals surface area contributed by atoms with Crippen LogP contribution < -0.4 is 11.1 Å². The average Bonchev–Trinajstić information content (AvgIpc) is 2.57. The van der Waals surface area contributed by atoms with Crippen LogP contribution in [0, 0.1) is 0 Å². The number of alkyl carbamates (subject to hydrolysis) is 1. The highest BCUT2D eigenvalue weighted by Crippen LogP contribution is 2.15. The van der Waals surface area contributed by atoms with Gasteiger partial charge in [-0.05, 0) is 23.3 Å². The number of carbonyl (C=O) groups excluding carboxylic acids is 1. The molecule has 1 amide bonds. The summed E-state index contributed by atoms with van der Waals surface area (Å²) in [6, 6.07) is 14.0. The van der Waals surface area contributed by atoms with Crippen LogP contribution in [-0.2, 0) is 11.3 Å². The number of ether oxygens (including phenoxy) is 1. The van der Waals surface area contributed by atoms with E-state index in [1.807, 2.05) is 30.3 Å². The molecular formula is C18H18N2O4. The van der Waals surface area contributed by atoms with E-state index in [0.717, 1.165) is 11.1 Å². The van der Waals surface area contributed by atoms with Gasteiger partial charge in [0.25, 0.3) is 0 Å². The Morgan fingerprint density at radius 3 is 2.58 bits per heavy atom. The third-order valence-corrected chi connectivity index (χ3v) is 3.19. The standard InChI is InChI=1S/C18H18N2O4/c19-16-11-13(8-9-15(16)17(21)22)7-4-10-20-18(23)24-12-14-5-2-1-3-6-14/h1-9,11H,10,12,19H2,(H,20,23)(H,21,22). The minimum Gasteiger partial charge on any atom is -0.478 e. The lowest BCUT2D eigenvalue weighted by atomic mass is 10.1. The molecule has 2 aromatic carbocycles. The van der Waals surface area contributed by atoms with E-state index in [1.54, 1.807) is 24.3 Å². The number of carboxylic acid groups (broad SMARTS) is 1. The van der Waals surface area contributed by atoms with Gasteiger partial charge in [-0.1, -0.05) is 48.6 Å². The highest BCUT2D eigenvalue weighted by molar-refractivity contribution is 5.94. The lowest BCUT2D eigenvalue weighted by Crippen LogP contribution is -2.24. The molecule has 0 unspecified atom stereocenters. The van der Waals surface area contributed by atoms with Crippen molar-refractivity contribution in [2.75, 3.05) is 12.3 Å². The van der Waals surface area contributed by atoms with E-state index in [-0.39, 0.29) is 24.4 Å². The van der Waals surface area contributed by atoms with Crippen LogP contribution >= 0.6 is 0 Å². The first kappa shape index (κ1) is 17.1. The molecule has 4 N–H and O–H groups in total. The molecule has 0 aromatic heterocycles. The number of anilines is 1. The largest absolute Gasteiger partial charge is 0.478 e. The molecule has 0 aliphatic carbocycles. The third-order valence-electron chi connectivity index (χ3n) is 3.19. The molecule has 0 fully saturated rings. The van der Waals surface area contributed by atoms with E-state index in [4.69, 9.17) is 15.6 Å². The van der Waals surface area contributed by atoms with Gasteiger partial charge in [0, 0.05) is 12.2 Å². The van der Waals surface area contributed by atoms with Gasteiger partial charge >= 0.3 is 12.1 Å². The number of carboxylic acids is 1. The summed E-state index contributed by atoms with van der Waals surface area (Å²) in [6.07, 6.45) is 2.95. The van der Waals surface area contributed by atoms with E-state index in [2.05, 4.69) is 5.32 Å². The number of rotatable bonds is 6. The second-order valence-corrected chi connectivity index (χ2v) is 5.00. The molecule has 2 aromatic rings. The normalized spacial score (nSPS) is 10.5. The summed E-state index contributed by atoms with van der Waals surface area (Å²) in [5, 5.41) is 11.5. The third kappa shape index (κ3) is 5.17. The Bertz CT molecular complexity index is 742. The van der Waals surface area contributed by atoms with Crippen LogP contribution in [0.2, 0.25) is 0 Å². The van der Waals surface area contributed by atoms with Crippen molar-refractivity contribution in [3.63, 3.8) is 0 Å². The highest BCUT2D eigenvalue weighted by Gasteiger charge is 2.06. The number of carbonyl (C=O) groups is 2. The molecule has 6 nitrogen and oxygen atoms in total. The number of benzene rings is 2. The predicted octanol–water partition coefficient (Wildman–Crippen LogP) is 2.91. The molecule has 0 spiro atoms. The fraction of sp³-hybridized carbons (Fsp3) is 0.111. The molecule has 0 aliphatic rings. The van der Waals surface area contributed by atoms with Crippen molar-refractivity contribution in [3.8, 4) is 0 Å². The summed E-state index contributed by atoms with van der Waals surface area (Å²) in [4.78, 5) is 22.4. The summed E-state index contributed by atoms with van der Waals surface area (Å²) in [5.74, 6) is -1.06. The molecule has 0 heterocycles. The van der Waals surface area contributed by atoms with Crippen LogP contribution in [0.3, 0.4) is 0 Å². The Morgan fingerprint density at radius 2 is 1.92 bits per heavy atom. The van der Waals surface area contributed by atoms with Crippen molar-refractivity contribution in [2.45, 2.75) is 6.61 Å². The van der Waals surface area contributed by atoms with Gasteiger partial charge in [0.1, 0.15) is 6.61 Å². The van der Waals surface area contributed by atoms with Crippen molar-refractivity contribution >= 4 is 23.8 Å². The van der Waals surface area contributed by atoms with Gasteiger partial charge in [0.05, 0.1) is 5.56 Å². The Morgan fingerprint density at radius 1 is 1.17 bits per heavy atom. The van der Waals surface area contributed by atoms with E-state index in [9.17, 15) is 9.59 Å². The van der Waals surface area contributed by atoms with Gasteiger partial charge in [-0.3, -0.25) is 0 Å². The molecular weight excluding hydrogens is 308 g/mol. The van der Waals surface area contributed by atoms with Crippen molar-refractivity contribution < 1.29 is 19.4 Å². The van der Waals surface area contributed by atoms with Gasteiger partial charge < -0.3 is 20.9 Å². The number of amides is 1. The van der Waals surface area contributed by atoms with Crippen LogP contribution in [0.4, 0.5) is 10.5 Å². The van der Waals surface area contributed by atoms with E-state index >= 15 is 0 Å². The summed E-state index contributed by atoms with van der Waals surface area (Å²) in [6.45, 7) is 0.498. The fourth-order valence-corrected chi connectivity index (χ4v) is 1.99. The van der Waals surface area contributed by atoms with Crippen molar-refractivity contribution in [3.05, 3.63) is 71.3 Å². The first-order chi connectivity index (χ1) is 11.6. The number of nitrogens with one attached hydrogen (secondary N) is 1. The first-order valence-corrected chi connectivity index (χ1v) is 7.30. The lowest BCUT2D eigenvalue weighted by molar-refractivity contribution is 0.0698. The zero-order valence-corrected chi connectivity index (χ0v) is 12.9. The Labute approximate surface area is 139 Å². The Hall–Kier alpha value is -3.28. The second kappa shape index (κ2) is 8.38. The van der Waals surface area contributed by atoms with E-state index < -0.39 is 12.1 Å². The molecule has 0 aliphatic heterocycles. The maximum Gasteiger partial charge on any atom is 0.407 e. The minimum absolute atomic E-state index is 0.0646. The number of hydrogen-bond acceptors (Lipinski definition) is 4. The average molecular weight is 326 g/mol. The van der Waals surface area contributed by atoms with Crippen LogP contribution in [0.25, 0.3) is 6.08 Å². The number of hydrogen-bond donors (Lipinski definition) is 3. The van der Waals surface area contributed by atoms with Gasteiger partial charge in [0.2, 0.25) is 0 Å². The van der Waals surface area contributed by atoms with Crippen LogP contribution in [-0.4, -0.2) is 23.7 Å². The molecule has 0 bridgehead atoms. The van der Waals surface area contributed by atoms with Crippen LogP contribution in [0.5, 0.6) is 0 Å². The van der Waals surface area contributed by atoms with Crippen LogP contribution in [0.1, 0.15) is 21.5 Å². The minimum atomic E-state index is -1.06. The molecule has 0 radical (unpaired) electrons. The van der Waals surface area contributed by atoms with Gasteiger partial charge in [-0.2, -0.15) is 0 Å². The molecule has 6 heteroatoms. The zero-order chi connectivity index (χ0) is 17.4. The summed E-state index contributed by atoms with van der Waals surface area (Å²) in [5.41, 5.74) is 7.59. The SMILES string of the molecule is Nc1cc(C=CCNC(=O)OCc2ccccc2)ccc1C(=O)O. The molecule has 0 saturated carbocycles. The fourth-order valence-electron chi connectivity index (χ4n) is 1.99. The molecule has 24 heavy (non-hydrogen) atoms.